The molecule has 1 aliphatic rings. The van der Waals surface area contributed by atoms with E-state index in [1.807, 2.05) is 0 Å². The number of aliphatic imine (C=N–C) groups is 1. The monoisotopic (exact) mass is 253 g/mol. The van der Waals surface area contributed by atoms with E-state index in [0.717, 1.165) is 13.0 Å². The second-order valence-electron chi connectivity index (χ2n) is 5.12. The van der Waals surface area contributed by atoms with Crippen LogP contribution in [0.2, 0.25) is 0 Å². The van der Waals surface area contributed by atoms with Gasteiger partial charge in [0.25, 0.3) is 0 Å². The normalized spacial score (nSPS) is 18.2. The summed E-state index contributed by atoms with van der Waals surface area (Å²) in [5, 5.41) is 0. The van der Waals surface area contributed by atoms with Crippen molar-refractivity contribution in [1.82, 2.24) is 0 Å². The molecular formula is C18H23N. The van der Waals surface area contributed by atoms with E-state index in [4.69, 9.17) is 0 Å². The molecule has 1 nitrogen and oxygen atoms in total. The molecule has 1 atom stereocenters. The molecule has 0 aromatic heterocycles. The molecule has 0 N–H and O–H groups in total. The Bertz CT molecular complexity index is 494. The van der Waals surface area contributed by atoms with Gasteiger partial charge in [-0.15, -0.1) is 0 Å². The number of nitrogens with zero attached hydrogens (tertiary/aromatic N) is 1. The van der Waals surface area contributed by atoms with Crippen LogP contribution in [-0.4, -0.2) is 12.8 Å². The van der Waals surface area contributed by atoms with E-state index >= 15 is 0 Å². The van der Waals surface area contributed by atoms with Gasteiger partial charge in [-0.3, -0.25) is 4.99 Å². The van der Waals surface area contributed by atoms with Crippen molar-refractivity contribution >= 4 is 6.21 Å². The van der Waals surface area contributed by atoms with Crippen molar-refractivity contribution in [3.8, 4) is 0 Å². The predicted octanol–water partition coefficient (Wildman–Crippen LogP) is 4.70. The Labute approximate surface area is 116 Å². The summed E-state index contributed by atoms with van der Waals surface area (Å²) in [5.74, 6) is 0.459. The summed E-state index contributed by atoms with van der Waals surface area (Å²) in [6.45, 7) is 5.37. The molecule has 1 unspecified atom stereocenters. The van der Waals surface area contributed by atoms with Crippen LogP contribution < -0.4 is 0 Å². The van der Waals surface area contributed by atoms with Crippen molar-refractivity contribution in [3.63, 3.8) is 0 Å². The van der Waals surface area contributed by atoms with E-state index in [0.29, 0.717) is 5.92 Å². The molecule has 0 saturated carbocycles. The molecule has 0 amide bonds. The van der Waals surface area contributed by atoms with E-state index < -0.39 is 0 Å². The average Bonchev–Trinajstić information content (AvgIpc) is 2.85. The molecule has 2 rings (SSSR count). The first-order valence-corrected chi connectivity index (χ1v) is 7.24. The van der Waals surface area contributed by atoms with Crippen LogP contribution in [0.4, 0.5) is 0 Å². The van der Waals surface area contributed by atoms with Crippen LogP contribution >= 0.6 is 0 Å². The summed E-state index contributed by atoms with van der Waals surface area (Å²) in [4.78, 5) is 4.49. The number of unbranched alkanes of at least 4 members (excludes halogenated alkanes) is 1. The topological polar surface area (TPSA) is 12.4 Å². The zero-order valence-corrected chi connectivity index (χ0v) is 12.0. The lowest BCUT2D eigenvalue weighted by molar-refractivity contribution is 0.809. The molecule has 100 valence electrons. The molecule has 1 aliphatic carbocycles. The van der Waals surface area contributed by atoms with Crippen molar-refractivity contribution in [3.05, 3.63) is 59.2 Å². The minimum absolute atomic E-state index is 0.459. The van der Waals surface area contributed by atoms with Gasteiger partial charge in [-0.05, 0) is 24.5 Å². The fourth-order valence-corrected chi connectivity index (χ4v) is 2.45. The molecule has 0 fully saturated rings. The number of rotatable bonds is 6. The second kappa shape index (κ2) is 7.08. The number of hydrogen-bond acceptors (Lipinski definition) is 1. The minimum Gasteiger partial charge on any atom is -0.297 e. The molecule has 0 bridgehead atoms. The highest BCUT2D eigenvalue weighted by Crippen LogP contribution is 2.31. The van der Waals surface area contributed by atoms with E-state index in [2.05, 4.69) is 67.5 Å². The molecule has 0 radical (unpaired) electrons. The zero-order valence-electron chi connectivity index (χ0n) is 12.0. The summed E-state index contributed by atoms with van der Waals surface area (Å²) < 4.78 is 0. The Kier molecular flexibility index (Phi) is 5.14. The standard InChI is InChI=1S/C18H23N/c1-3-4-13-19-14-12-16-9-5-6-10-18(16)17-11-7-8-15(17)2/h5-11,14,17H,3-4,12-13H2,1-2H3. The number of benzene rings is 1. The molecule has 0 heterocycles. The van der Waals surface area contributed by atoms with Crippen LogP contribution in [-0.2, 0) is 6.42 Å². The summed E-state index contributed by atoms with van der Waals surface area (Å²) in [7, 11) is 0. The SMILES string of the molecule is CCCCN=CCc1ccccc1C1C=CC=C1C. The van der Waals surface area contributed by atoms with E-state index in [9.17, 15) is 0 Å². The van der Waals surface area contributed by atoms with Gasteiger partial charge in [0.05, 0.1) is 0 Å². The van der Waals surface area contributed by atoms with E-state index in [-0.39, 0.29) is 0 Å². The molecule has 19 heavy (non-hydrogen) atoms. The Morgan fingerprint density at radius 1 is 1.26 bits per heavy atom. The highest BCUT2D eigenvalue weighted by molar-refractivity contribution is 5.63. The maximum Gasteiger partial charge on any atom is 0.0385 e. The van der Waals surface area contributed by atoms with Crippen LogP contribution in [0.3, 0.4) is 0 Å². The van der Waals surface area contributed by atoms with Crippen molar-refractivity contribution in [2.75, 3.05) is 6.54 Å². The van der Waals surface area contributed by atoms with Gasteiger partial charge in [-0.1, -0.05) is 61.4 Å². The van der Waals surface area contributed by atoms with Gasteiger partial charge in [0, 0.05) is 25.1 Å². The fourth-order valence-electron chi connectivity index (χ4n) is 2.45. The molecular weight excluding hydrogens is 230 g/mol. The highest BCUT2D eigenvalue weighted by Gasteiger charge is 2.15. The Morgan fingerprint density at radius 2 is 2.11 bits per heavy atom. The summed E-state index contributed by atoms with van der Waals surface area (Å²) in [6, 6.07) is 8.72. The first-order chi connectivity index (χ1) is 9.33. The van der Waals surface area contributed by atoms with Crippen molar-refractivity contribution in [2.24, 2.45) is 4.99 Å². The number of hydrogen-bond donors (Lipinski definition) is 0. The summed E-state index contributed by atoms with van der Waals surface area (Å²) in [6.07, 6.45) is 12.1. The van der Waals surface area contributed by atoms with Crippen LogP contribution in [0.15, 0.2) is 53.1 Å². The van der Waals surface area contributed by atoms with Gasteiger partial charge in [0.1, 0.15) is 0 Å². The maximum absolute atomic E-state index is 4.49. The second-order valence-corrected chi connectivity index (χ2v) is 5.12. The lowest BCUT2D eigenvalue weighted by atomic mass is 9.90. The van der Waals surface area contributed by atoms with Gasteiger partial charge < -0.3 is 0 Å². The van der Waals surface area contributed by atoms with Crippen LogP contribution in [0, 0.1) is 0 Å². The lowest BCUT2D eigenvalue weighted by Gasteiger charge is -2.15. The number of allylic oxidation sites excluding steroid dienone is 4. The molecule has 0 spiro atoms. The van der Waals surface area contributed by atoms with Crippen molar-refractivity contribution in [2.45, 2.75) is 39.0 Å². The van der Waals surface area contributed by atoms with Crippen LogP contribution in [0.1, 0.15) is 43.7 Å². The summed E-state index contributed by atoms with van der Waals surface area (Å²) in [5.41, 5.74) is 4.24. The van der Waals surface area contributed by atoms with Gasteiger partial charge >= 0.3 is 0 Å². The van der Waals surface area contributed by atoms with Gasteiger partial charge in [-0.25, -0.2) is 0 Å². The average molecular weight is 253 g/mol. The molecule has 1 aromatic rings. The molecule has 1 aromatic carbocycles. The first kappa shape index (κ1) is 13.8. The largest absolute Gasteiger partial charge is 0.297 e. The Morgan fingerprint density at radius 3 is 2.84 bits per heavy atom. The quantitative estimate of drug-likeness (QED) is 0.515. The molecule has 0 saturated heterocycles. The molecule has 0 aliphatic heterocycles. The van der Waals surface area contributed by atoms with E-state index in [1.54, 1.807) is 0 Å². The minimum atomic E-state index is 0.459. The summed E-state index contributed by atoms with van der Waals surface area (Å²) >= 11 is 0. The van der Waals surface area contributed by atoms with Crippen LogP contribution in [0.5, 0.6) is 0 Å². The Hall–Kier alpha value is -1.63. The third-order valence-corrected chi connectivity index (χ3v) is 3.62. The fraction of sp³-hybridized carbons (Fsp3) is 0.389. The predicted molar refractivity (Wildman–Crippen MR) is 84.1 cm³/mol. The Balaban J connectivity index is 2.07. The van der Waals surface area contributed by atoms with Crippen molar-refractivity contribution in [1.29, 1.82) is 0 Å². The van der Waals surface area contributed by atoms with Gasteiger partial charge in [0.2, 0.25) is 0 Å². The van der Waals surface area contributed by atoms with Gasteiger partial charge in [0.15, 0.2) is 0 Å². The smallest absolute Gasteiger partial charge is 0.0385 e. The zero-order chi connectivity index (χ0) is 13.5. The van der Waals surface area contributed by atoms with Crippen molar-refractivity contribution < 1.29 is 0 Å². The molecule has 1 heteroatoms. The highest BCUT2D eigenvalue weighted by atomic mass is 14.7. The van der Waals surface area contributed by atoms with Crippen LogP contribution in [0.25, 0.3) is 0 Å². The third kappa shape index (κ3) is 3.66. The third-order valence-electron chi connectivity index (χ3n) is 3.62. The van der Waals surface area contributed by atoms with E-state index in [1.165, 1.54) is 29.5 Å². The van der Waals surface area contributed by atoms with Gasteiger partial charge in [-0.2, -0.15) is 0 Å². The maximum atomic E-state index is 4.49. The lowest BCUT2D eigenvalue weighted by Crippen LogP contribution is -2.01. The first-order valence-electron chi connectivity index (χ1n) is 7.24.